The molecule has 58 heavy (non-hydrogen) atoms. The topological polar surface area (TPSA) is 154 Å². The summed E-state index contributed by atoms with van der Waals surface area (Å²) < 4.78 is 53.1. The second kappa shape index (κ2) is 21.7. The summed E-state index contributed by atoms with van der Waals surface area (Å²) in [6, 6.07) is 33.3. The molecule has 4 aromatic rings. The lowest BCUT2D eigenvalue weighted by Crippen LogP contribution is -2.36. The number of nitrogens with zero attached hydrogens (tertiary/aromatic N) is 3. The zero-order valence-electron chi connectivity index (χ0n) is 33.9. The number of hydrogen-bond donors (Lipinski definition) is 1. The molecule has 13 nitrogen and oxygen atoms in total. The van der Waals surface area contributed by atoms with Gasteiger partial charge in [0, 0.05) is 37.4 Å². The van der Waals surface area contributed by atoms with E-state index in [1.165, 1.54) is 17.9 Å². The first kappa shape index (κ1) is 45.6. The van der Waals surface area contributed by atoms with E-state index in [2.05, 4.69) is 52.1 Å². The fourth-order valence-corrected chi connectivity index (χ4v) is 11.1. The number of aromatic nitrogens is 2. The maximum absolute atomic E-state index is 13.9. The van der Waals surface area contributed by atoms with E-state index < -0.39 is 50.8 Å². The number of aryl methyl sites for hydroxylation is 1. The minimum atomic E-state index is -4.09. The van der Waals surface area contributed by atoms with Crippen molar-refractivity contribution in [3.63, 3.8) is 0 Å². The Kier molecular flexibility index (Phi) is 17.1. The summed E-state index contributed by atoms with van der Waals surface area (Å²) in [7, 11) is -4.53. The molecule has 1 aliphatic heterocycles. The molecule has 0 aliphatic carbocycles. The zero-order chi connectivity index (χ0) is 41.7. The molecule has 0 saturated carbocycles. The van der Waals surface area contributed by atoms with Gasteiger partial charge in [0.15, 0.2) is 0 Å². The van der Waals surface area contributed by atoms with Crippen LogP contribution in [0.5, 0.6) is 0 Å². The second-order valence-electron chi connectivity index (χ2n) is 14.3. The van der Waals surface area contributed by atoms with Crippen LogP contribution in [0.4, 0.5) is 0 Å². The van der Waals surface area contributed by atoms with Gasteiger partial charge >= 0.3 is 13.5 Å². The number of ether oxygens (including phenoxy) is 1. The van der Waals surface area contributed by atoms with Gasteiger partial charge in [-0.3, -0.25) is 27.9 Å². The molecule has 312 valence electrons. The summed E-state index contributed by atoms with van der Waals surface area (Å²) in [5.74, 6) is 0.649. The average Bonchev–Trinajstić information content (AvgIpc) is 3.62. The van der Waals surface area contributed by atoms with Gasteiger partial charge in [-0.25, -0.2) is 14.0 Å². The molecule has 16 heteroatoms. The van der Waals surface area contributed by atoms with Crippen LogP contribution in [0.2, 0.25) is 0 Å². The molecule has 5 atom stereocenters. The van der Waals surface area contributed by atoms with Crippen LogP contribution in [0, 0.1) is 18.3 Å². The smallest absolute Gasteiger partial charge is 0.349 e. The van der Waals surface area contributed by atoms with E-state index in [4.69, 9.17) is 27.4 Å². The van der Waals surface area contributed by atoms with Gasteiger partial charge in [-0.05, 0) is 63.5 Å². The number of benzene rings is 3. The van der Waals surface area contributed by atoms with E-state index in [0.29, 0.717) is 17.7 Å². The summed E-state index contributed by atoms with van der Waals surface area (Å²) in [4.78, 5) is 27.4. The van der Waals surface area contributed by atoms with Gasteiger partial charge in [-0.15, -0.1) is 11.8 Å². The SMILES string of the molecule is COP(=O)(OCCCSC(c1ccccc1)(c1ccccc1)c1ccccc1)OC[C@H]1O[C@@H](n2cc(C)c(=O)[nH]c2=O)C[C@@H]1OP(OCCC#N)N(C(C)C)C(C)C. The predicted molar refractivity (Wildman–Crippen MR) is 227 cm³/mol. The van der Waals surface area contributed by atoms with Crippen molar-refractivity contribution in [2.75, 3.05) is 32.7 Å². The first-order valence-corrected chi connectivity index (χ1v) is 23.0. The van der Waals surface area contributed by atoms with E-state index in [1.807, 2.05) is 82.3 Å². The molecule has 3 aromatic carbocycles. The highest BCUT2D eigenvalue weighted by Gasteiger charge is 2.43. The maximum Gasteiger partial charge on any atom is 0.474 e. The standard InChI is InChI=1S/C42H54N4O9P2S/c1-31(2)46(32(3)4)56(51-25-16-24-43)55-37-28-39(45-29-33(5)40(47)44-41(45)48)54-38(37)30-53-57(49,50-6)52-26-17-27-58-42(34-18-10-7-11-19-34,35-20-12-8-13-21-35)36-22-14-9-15-23-36/h7-15,18-23,29,31-32,37-39H,16-17,25-28,30H2,1-6H3,(H,44,47,48)/t37-,38+,39+,56?,57?/m0/s1. The van der Waals surface area contributed by atoms with Crippen molar-refractivity contribution in [3.05, 3.63) is 140 Å². The first-order valence-electron chi connectivity index (χ1n) is 19.4. The minimum Gasteiger partial charge on any atom is -0.349 e. The van der Waals surface area contributed by atoms with Crippen molar-refractivity contribution in [2.45, 2.75) is 89.1 Å². The Morgan fingerprint density at radius 1 is 0.948 bits per heavy atom. The summed E-state index contributed by atoms with van der Waals surface area (Å²) in [6.07, 6.45) is -0.0678. The highest BCUT2D eigenvalue weighted by atomic mass is 32.2. The monoisotopic (exact) mass is 852 g/mol. The molecular formula is C42H54N4O9P2S. The number of hydrogen-bond acceptors (Lipinski definition) is 12. The fraction of sp³-hybridized carbons (Fsp3) is 0.452. The largest absolute Gasteiger partial charge is 0.474 e. The predicted octanol–water partition coefficient (Wildman–Crippen LogP) is 8.70. The molecule has 0 radical (unpaired) electrons. The molecular weight excluding hydrogens is 798 g/mol. The van der Waals surface area contributed by atoms with Gasteiger partial charge in [0.1, 0.15) is 12.3 Å². The van der Waals surface area contributed by atoms with Crippen molar-refractivity contribution in [2.24, 2.45) is 0 Å². The molecule has 0 amide bonds. The Bertz CT molecular complexity index is 1980. The molecule has 1 saturated heterocycles. The normalized spacial score (nSPS) is 18.7. The van der Waals surface area contributed by atoms with Crippen LogP contribution in [-0.4, -0.2) is 71.2 Å². The Morgan fingerprint density at radius 2 is 1.52 bits per heavy atom. The lowest BCUT2D eigenvalue weighted by molar-refractivity contribution is -0.0454. The number of thioether (sulfide) groups is 1. The van der Waals surface area contributed by atoms with Crippen molar-refractivity contribution < 1.29 is 31.9 Å². The third-order valence-electron chi connectivity index (χ3n) is 9.54. The fourth-order valence-electron chi connectivity index (χ4n) is 6.88. The number of phosphoric ester groups is 1. The van der Waals surface area contributed by atoms with Crippen LogP contribution >= 0.6 is 28.1 Å². The molecule has 5 rings (SSSR count). The van der Waals surface area contributed by atoms with Crippen LogP contribution in [0.1, 0.15) is 75.4 Å². The maximum atomic E-state index is 13.9. The number of aromatic amines is 1. The Balaban J connectivity index is 1.31. The zero-order valence-corrected chi connectivity index (χ0v) is 36.5. The second-order valence-corrected chi connectivity index (χ2v) is 18.8. The summed E-state index contributed by atoms with van der Waals surface area (Å²) in [6.45, 7) is 9.68. The highest BCUT2D eigenvalue weighted by Crippen LogP contribution is 2.53. The summed E-state index contributed by atoms with van der Waals surface area (Å²) in [5.41, 5.74) is 2.61. The third kappa shape index (κ3) is 11.4. The van der Waals surface area contributed by atoms with E-state index in [0.717, 1.165) is 16.7 Å². The van der Waals surface area contributed by atoms with Gasteiger partial charge in [-0.2, -0.15) is 5.26 Å². The summed E-state index contributed by atoms with van der Waals surface area (Å²) >= 11 is 1.77. The quantitative estimate of drug-likeness (QED) is 0.0457. The van der Waals surface area contributed by atoms with Crippen LogP contribution in [-0.2, 0) is 36.7 Å². The lowest BCUT2D eigenvalue weighted by atomic mass is 9.84. The van der Waals surface area contributed by atoms with Gasteiger partial charge in [0.05, 0.1) is 43.2 Å². The third-order valence-corrected chi connectivity index (χ3v) is 14.7. The van der Waals surface area contributed by atoms with Crippen LogP contribution in [0.25, 0.3) is 0 Å². The number of rotatable bonds is 22. The number of phosphoric acid groups is 1. The molecule has 0 bridgehead atoms. The first-order chi connectivity index (χ1) is 27.9. The molecule has 0 spiro atoms. The molecule has 2 heterocycles. The minimum absolute atomic E-state index is 0.0315. The van der Waals surface area contributed by atoms with E-state index in [-0.39, 0.29) is 44.7 Å². The number of nitriles is 1. The van der Waals surface area contributed by atoms with Gasteiger partial charge in [0.2, 0.25) is 0 Å². The molecule has 1 fully saturated rings. The Labute approximate surface area is 346 Å². The molecule has 2 unspecified atom stereocenters. The van der Waals surface area contributed by atoms with Gasteiger partial charge < -0.3 is 13.8 Å². The Hall–Kier alpha value is -3.44. The van der Waals surface area contributed by atoms with Crippen LogP contribution in [0.3, 0.4) is 0 Å². The molecule has 1 N–H and O–H groups in total. The van der Waals surface area contributed by atoms with Crippen molar-refractivity contribution in [3.8, 4) is 6.07 Å². The van der Waals surface area contributed by atoms with Crippen molar-refractivity contribution in [1.82, 2.24) is 14.2 Å². The van der Waals surface area contributed by atoms with Gasteiger partial charge in [0.25, 0.3) is 14.1 Å². The van der Waals surface area contributed by atoms with Crippen LogP contribution < -0.4 is 11.2 Å². The van der Waals surface area contributed by atoms with Crippen LogP contribution in [0.15, 0.2) is 107 Å². The van der Waals surface area contributed by atoms with E-state index in [9.17, 15) is 19.4 Å². The van der Waals surface area contributed by atoms with E-state index in [1.54, 1.807) is 18.7 Å². The lowest BCUT2D eigenvalue weighted by Gasteiger charge is -2.37. The number of nitrogens with one attached hydrogen (secondary N) is 1. The molecule has 1 aliphatic rings. The number of H-pyrrole nitrogens is 1. The molecule has 1 aromatic heterocycles. The van der Waals surface area contributed by atoms with Gasteiger partial charge in [-0.1, -0.05) is 91.0 Å². The average molecular weight is 853 g/mol. The van der Waals surface area contributed by atoms with Crippen molar-refractivity contribution >= 4 is 28.1 Å². The highest BCUT2D eigenvalue weighted by molar-refractivity contribution is 8.00. The van der Waals surface area contributed by atoms with E-state index >= 15 is 0 Å². The summed E-state index contributed by atoms with van der Waals surface area (Å²) in [5, 5.41) is 9.21. The van der Waals surface area contributed by atoms with Crippen molar-refractivity contribution in [1.29, 1.82) is 5.26 Å². The Morgan fingerprint density at radius 3 is 2.03 bits per heavy atom.